The predicted molar refractivity (Wildman–Crippen MR) is 70.9 cm³/mol. The number of methoxy groups -OCH3 is 1. The Balaban J connectivity index is 2.45. The molecule has 0 aliphatic rings. The summed E-state index contributed by atoms with van der Waals surface area (Å²) in [7, 11) is 3.19. The Kier molecular flexibility index (Phi) is 3.37. The number of nitro groups is 1. The largest absolute Gasteiger partial charge is 0.490 e. The van der Waals surface area contributed by atoms with Crippen LogP contribution < -0.4 is 10.1 Å². The zero-order valence-corrected chi connectivity index (χ0v) is 10.9. The van der Waals surface area contributed by atoms with Crippen molar-refractivity contribution in [1.82, 2.24) is 9.78 Å². The van der Waals surface area contributed by atoms with Gasteiger partial charge in [-0.25, -0.2) is 0 Å². The molecular weight excluding hydrogens is 248 g/mol. The Morgan fingerprint density at radius 2 is 2.16 bits per heavy atom. The van der Waals surface area contributed by atoms with Gasteiger partial charge in [-0.1, -0.05) is 6.07 Å². The average molecular weight is 262 g/mol. The number of aryl methyl sites for hydroxylation is 2. The van der Waals surface area contributed by atoms with Crippen molar-refractivity contribution < 1.29 is 9.66 Å². The van der Waals surface area contributed by atoms with Crippen molar-refractivity contribution in [3.05, 3.63) is 40.2 Å². The second-order valence-corrected chi connectivity index (χ2v) is 4.04. The average Bonchev–Trinajstić information content (AvgIpc) is 2.67. The molecule has 0 atom stereocenters. The van der Waals surface area contributed by atoms with Gasteiger partial charge in [0, 0.05) is 13.2 Å². The smallest absolute Gasteiger partial charge is 0.334 e. The number of nitrogens with one attached hydrogen (secondary N) is 1. The van der Waals surface area contributed by atoms with Gasteiger partial charge in [0.05, 0.1) is 23.4 Å². The van der Waals surface area contributed by atoms with Crippen LogP contribution in [0.5, 0.6) is 5.75 Å². The summed E-state index contributed by atoms with van der Waals surface area (Å²) in [4.78, 5) is 10.7. The maximum atomic E-state index is 11.1. The molecule has 1 aromatic carbocycles. The third kappa shape index (κ3) is 2.49. The fraction of sp³-hybridized carbons (Fsp3) is 0.250. The first kappa shape index (κ1) is 12.9. The van der Waals surface area contributed by atoms with E-state index in [1.807, 2.05) is 6.92 Å². The van der Waals surface area contributed by atoms with E-state index in [4.69, 9.17) is 4.74 Å². The van der Waals surface area contributed by atoms with E-state index in [-0.39, 0.29) is 11.4 Å². The van der Waals surface area contributed by atoms with Crippen molar-refractivity contribution in [3.8, 4) is 5.75 Å². The summed E-state index contributed by atoms with van der Waals surface area (Å²) < 4.78 is 6.66. The van der Waals surface area contributed by atoms with Gasteiger partial charge in [-0.05, 0) is 19.1 Å². The molecule has 0 aliphatic carbocycles. The number of hydrogen-bond donors (Lipinski definition) is 1. The van der Waals surface area contributed by atoms with Crippen molar-refractivity contribution >= 4 is 17.1 Å². The van der Waals surface area contributed by atoms with Crippen LogP contribution in [0.25, 0.3) is 0 Å². The van der Waals surface area contributed by atoms with Gasteiger partial charge < -0.3 is 10.1 Å². The van der Waals surface area contributed by atoms with Crippen molar-refractivity contribution in [2.75, 3.05) is 12.4 Å². The van der Waals surface area contributed by atoms with Crippen LogP contribution in [0.4, 0.5) is 17.1 Å². The monoisotopic (exact) mass is 262 g/mol. The Morgan fingerprint density at radius 1 is 1.42 bits per heavy atom. The number of hydrogen-bond acceptors (Lipinski definition) is 5. The Morgan fingerprint density at radius 3 is 2.68 bits per heavy atom. The lowest BCUT2D eigenvalue weighted by Gasteiger charge is -2.08. The topological polar surface area (TPSA) is 82.2 Å². The Bertz CT molecular complexity index is 621. The number of nitrogens with zero attached hydrogens (tertiary/aromatic N) is 3. The third-order valence-electron chi connectivity index (χ3n) is 2.68. The van der Waals surface area contributed by atoms with Gasteiger partial charge in [0.1, 0.15) is 5.69 Å². The lowest BCUT2D eigenvalue weighted by molar-refractivity contribution is -0.384. The van der Waals surface area contributed by atoms with E-state index in [0.29, 0.717) is 5.69 Å². The molecule has 100 valence electrons. The minimum Gasteiger partial charge on any atom is -0.490 e. The van der Waals surface area contributed by atoms with Crippen LogP contribution in [0.2, 0.25) is 0 Å². The van der Waals surface area contributed by atoms with Gasteiger partial charge in [0.25, 0.3) is 0 Å². The summed E-state index contributed by atoms with van der Waals surface area (Å²) in [6, 6.07) is 4.88. The highest BCUT2D eigenvalue weighted by atomic mass is 16.6. The standard InChI is InChI=1S/C12H14N4O3/c1-8-10(7-15(2)14-8)13-9-5-4-6-11(19-3)12(9)16(17)18/h4-7,13H,1-3H3. The number of rotatable bonds is 4. The molecule has 1 aromatic heterocycles. The van der Waals surface area contributed by atoms with Crippen LogP contribution in [-0.2, 0) is 7.05 Å². The van der Waals surface area contributed by atoms with Crippen LogP contribution in [0.3, 0.4) is 0 Å². The first-order valence-corrected chi connectivity index (χ1v) is 5.61. The van der Waals surface area contributed by atoms with Crippen LogP contribution in [-0.4, -0.2) is 21.8 Å². The van der Waals surface area contributed by atoms with E-state index in [1.54, 1.807) is 36.1 Å². The highest BCUT2D eigenvalue weighted by Crippen LogP contribution is 2.36. The highest BCUT2D eigenvalue weighted by Gasteiger charge is 2.21. The van der Waals surface area contributed by atoms with E-state index >= 15 is 0 Å². The number of benzene rings is 1. The highest BCUT2D eigenvalue weighted by molar-refractivity contribution is 5.74. The number of nitro benzene ring substituents is 1. The van der Waals surface area contributed by atoms with Gasteiger partial charge in [0.15, 0.2) is 5.75 Å². The molecule has 0 radical (unpaired) electrons. The Labute approximate surface area is 110 Å². The fourth-order valence-electron chi connectivity index (χ4n) is 1.84. The van der Waals surface area contributed by atoms with Crippen LogP contribution in [0.1, 0.15) is 5.69 Å². The lowest BCUT2D eigenvalue weighted by atomic mass is 10.2. The van der Waals surface area contributed by atoms with Gasteiger partial charge in [0.2, 0.25) is 0 Å². The van der Waals surface area contributed by atoms with Crippen molar-refractivity contribution in [2.24, 2.45) is 7.05 Å². The van der Waals surface area contributed by atoms with Gasteiger partial charge in [-0.3, -0.25) is 14.8 Å². The van der Waals surface area contributed by atoms with E-state index < -0.39 is 4.92 Å². The van der Waals surface area contributed by atoms with Crippen LogP contribution in [0.15, 0.2) is 24.4 Å². The molecule has 7 nitrogen and oxygen atoms in total. The molecule has 0 spiro atoms. The SMILES string of the molecule is COc1cccc(Nc2cn(C)nc2C)c1[N+](=O)[O-]. The van der Waals surface area contributed by atoms with Gasteiger partial charge >= 0.3 is 5.69 Å². The first-order valence-electron chi connectivity index (χ1n) is 5.61. The molecule has 0 amide bonds. The fourth-order valence-corrected chi connectivity index (χ4v) is 1.84. The molecule has 7 heteroatoms. The maximum Gasteiger partial charge on any atom is 0.334 e. The number of aromatic nitrogens is 2. The van der Waals surface area contributed by atoms with E-state index in [0.717, 1.165) is 11.4 Å². The quantitative estimate of drug-likeness (QED) is 0.675. The second-order valence-electron chi connectivity index (χ2n) is 4.04. The van der Waals surface area contributed by atoms with Crippen LogP contribution in [0, 0.1) is 17.0 Å². The number of para-hydroxylation sites is 1. The molecule has 0 unspecified atom stereocenters. The molecular formula is C12H14N4O3. The third-order valence-corrected chi connectivity index (χ3v) is 2.68. The van der Waals surface area contributed by atoms with E-state index in [9.17, 15) is 10.1 Å². The summed E-state index contributed by atoms with van der Waals surface area (Å²) in [6.45, 7) is 1.83. The minimum atomic E-state index is -0.465. The van der Waals surface area contributed by atoms with Gasteiger partial charge in [-0.2, -0.15) is 5.10 Å². The zero-order valence-electron chi connectivity index (χ0n) is 10.9. The summed E-state index contributed by atoms with van der Waals surface area (Å²) in [5.41, 5.74) is 1.77. The van der Waals surface area contributed by atoms with Gasteiger partial charge in [-0.15, -0.1) is 0 Å². The molecule has 2 aromatic rings. The molecule has 0 saturated carbocycles. The zero-order chi connectivity index (χ0) is 14.0. The molecule has 2 rings (SSSR count). The van der Waals surface area contributed by atoms with E-state index in [1.165, 1.54) is 7.11 Å². The second kappa shape index (κ2) is 4.97. The van der Waals surface area contributed by atoms with Crippen molar-refractivity contribution in [2.45, 2.75) is 6.92 Å². The van der Waals surface area contributed by atoms with Crippen molar-refractivity contribution in [3.63, 3.8) is 0 Å². The summed E-state index contributed by atoms with van der Waals surface area (Å²) >= 11 is 0. The summed E-state index contributed by atoms with van der Waals surface area (Å²) in [5.74, 6) is 0.219. The molecule has 0 bridgehead atoms. The molecule has 0 fully saturated rings. The van der Waals surface area contributed by atoms with Crippen molar-refractivity contribution in [1.29, 1.82) is 0 Å². The van der Waals surface area contributed by atoms with E-state index in [2.05, 4.69) is 10.4 Å². The molecule has 1 N–H and O–H groups in total. The first-order chi connectivity index (χ1) is 9.02. The summed E-state index contributed by atoms with van der Waals surface area (Å²) in [5, 5.41) is 18.3. The lowest BCUT2D eigenvalue weighted by Crippen LogP contribution is -2.00. The molecule has 19 heavy (non-hydrogen) atoms. The Hall–Kier alpha value is -2.57. The normalized spacial score (nSPS) is 10.3. The van der Waals surface area contributed by atoms with Crippen LogP contribution >= 0.6 is 0 Å². The number of ether oxygens (including phenoxy) is 1. The number of anilines is 2. The molecule has 0 saturated heterocycles. The minimum absolute atomic E-state index is 0.0896. The summed E-state index contributed by atoms with van der Waals surface area (Å²) in [6.07, 6.45) is 1.76. The maximum absolute atomic E-state index is 11.1. The predicted octanol–water partition coefficient (Wildman–Crippen LogP) is 2.39. The molecule has 0 aliphatic heterocycles. The molecule has 1 heterocycles.